The fraction of sp³-hybridized carbons (Fsp3) is 0.600. The lowest BCUT2D eigenvalue weighted by atomic mass is 9.88. The Morgan fingerprint density at radius 1 is 1.32 bits per heavy atom. The molecule has 2 heterocycles. The van der Waals surface area contributed by atoms with Crippen molar-refractivity contribution in [2.75, 3.05) is 20.1 Å². The molecule has 0 bridgehead atoms. The number of fused-ring (bicyclic) bond motifs is 2. The van der Waals surface area contributed by atoms with Gasteiger partial charge in [0, 0.05) is 49.1 Å². The molecule has 1 aromatic rings. The zero-order valence-electron chi connectivity index (χ0n) is 11.8. The van der Waals surface area contributed by atoms with Crippen molar-refractivity contribution < 1.29 is 9.59 Å². The average molecular weight is 260 g/mol. The van der Waals surface area contributed by atoms with Crippen LogP contribution in [0.5, 0.6) is 0 Å². The van der Waals surface area contributed by atoms with E-state index in [0.29, 0.717) is 17.0 Å². The minimum atomic E-state index is -0.00463. The van der Waals surface area contributed by atoms with Gasteiger partial charge in [-0.05, 0) is 32.7 Å². The Labute approximate surface area is 113 Å². The lowest BCUT2D eigenvalue weighted by Gasteiger charge is -2.13. The second kappa shape index (κ2) is 4.30. The summed E-state index contributed by atoms with van der Waals surface area (Å²) < 4.78 is 1.97. The van der Waals surface area contributed by atoms with Gasteiger partial charge >= 0.3 is 0 Å². The molecule has 1 fully saturated rings. The zero-order valence-corrected chi connectivity index (χ0v) is 11.8. The molecule has 4 nitrogen and oxygen atoms in total. The van der Waals surface area contributed by atoms with Crippen LogP contribution in [0.15, 0.2) is 6.20 Å². The van der Waals surface area contributed by atoms with E-state index in [9.17, 15) is 9.59 Å². The molecule has 0 saturated carbocycles. The van der Waals surface area contributed by atoms with Gasteiger partial charge in [0.25, 0.3) is 0 Å². The molecule has 0 spiro atoms. The van der Waals surface area contributed by atoms with Crippen LogP contribution in [0.1, 0.15) is 39.8 Å². The van der Waals surface area contributed by atoms with Crippen LogP contribution in [0.3, 0.4) is 0 Å². The maximum absolute atomic E-state index is 12.8. The monoisotopic (exact) mass is 260 g/mol. The zero-order chi connectivity index (χ0) is 13.7. The second-order valence-electron chi connectivity index (χ2n) is 6.02. The lowest BCUT2D eigenvalue weighted by molar-refractivity contribution is 0.0893. The van der Waals surface area contributed by atoms with E-state index in [0.717, 1.165) is 31.6 Å². The standard InChI is InChI=1S/C15H20N2O2/c1-9(18)11-8-17(3)13-5-4-10-6-16(2)7-12(10)15(19)14(11)13/h8,10,12H,4-7H2,1-3H3. The summed E-state index contributed by atoms with van der Waals surface area (Å²) in [6.45, 7) is 3.38. The van der Waals surface area contributed by atoms with Crippen LogP contribution >= 0.6 is 0 Å². The molecule has 1 saturated heterocycles. The first-order chi connectivity index (χ1) is 8.99. The Morgan fingerprint density at radius 3 is 2.74 bits per heavy atom. The maximum atomic E-state index is 12.8. The minimum Gasteiger partial charge on any atom is -0.353 e. The summed E-state index contributed by atoms with van der Waals surface area (Å²) in [4.78, 5) is 26.8. The first-order valence-electron chi connectivity index (χ1n) is 6.91. The number of Topliss-reactive ketones (excluding diaryl/α,β-unsaturated/α-hetero) is 2. The third-order valence-corrected chi connectivity index (χ3v) is 4.64. The highest BCUT2D eigenvalue weighted by Gasteiger charge is 2.41. The quantitative estimate of drug-likeness (QED) is 0.719. The van der Waals surface area contributed by atoms with Gasteiger partial charge in [0.15, 0.2) is 11.6 Å². The van der Waals surface area contributed by atoms with E-state index in [4.69, 9.17) is 0 Å². The van der Waals surface area contributed by atoms with E-state index in [1.165, 1.54) is 0 Å². The summed E-state index contributed by atoms with van der Waals surface area (Å²) in [6.07, 6.45) is 3.77. The fourth-order valence-electron chi connectivity index (χ4n) is 3.70. The van der Waals surface area contributed by atoms with E-state index >= 15 is 0 Å². The molecule has 1 aliphatic carbocycles. The van der Waals surface area contributed by atoms with Gasteiger partial charge in [-0.1, -0.05) is 0 Å². The Hall–Kier alpha value is -1.42. The van der Waals surface area contributed by atoms with E-state index in [1.807, 2.05) is 17.8 Å². The molecule has 0 radical (unpaired) electrons. The number of hydrogen-bond donors (Lipinski definition) is 0. The number of carbonyl (C=O) groups excluding carboxylic acids is 2. The van der Waals surface area contributed by atoms with Crippen molar-refractivity contribution in [2.24, 2.45) is 18.9 Å². The van der Waals surface area contributed by atoms with Crippen molar-refractivity contribution in [3.63, 3.8) is 0 Å². The number of aromatic nitrogens is 1. The van der Waals surface area contributed by atoms with Gasteiger partial charge in [-0.3, -0.25) is 9.59 Å². The van der Waals surface area contributed by atoms with Crippen LogP contribution in [-0.4, -0.2) is 41.2 Å². The van der Waals surface area contributed by atoms with Crippen molar-refractivity contribution in [3.8, 4) is 0 Å². The van der Waals surface area contributed by atoms with Gasteiger partial charge in [0.2, 0.25) is 0 Å². The maximum Gasteiger partial charge on any atom is 0.170 e. The molecule has 102 valence electrons. The number of ketones is 2. The molecule has 0 N–H and O–H groups in total. The number of hydrogen-bond acceptors (Lipinski definition) is 3. The SMILES string of the molecule is CC(=O)c1cn(C)c2c1C(=O)C1CN(C)CC1CC2. The fourth-order valence-corrected chi connectivity index (χ4v) is 3.70. The summed E-state index contributed by atoms with van der Waals surface area (Å²) in [5, 5.41) is 0. The molecular weight excluding hydrogens is 240 g/mol. The van der Waals surface area contributed by atoms with Crippen molar-refractivity contribution in [1.29, 1.82) is 0 Å². The van der Waals surface area contributed by atoms with Gasteiger partial charge in [-0.2, -0.15) is 0 Å². The molecule has 1 aromatic heterocycles. The molecule has 19 heavy (non-hydrogen) atoms. The van der Waals surface area contributed by atoms with Gasteiger partial charge in [0.05, 0.1) is 0 Å². The van der Waals surface area contributed by atoms with Crippen molar-refractivity contribution in [1.82, 2.24) is 9.47 Å². The first-order valence-corrected chi connectivity index (χ1v) is 6.91. The van der Waals surface area contributed by atoms with E-state index in [-0.39, 0.29) is 17.5 Å². The number of aryl methyl sites for hydroxylation is 1. The average Bonchev–Trinajstić information content (AvgIpc) is 2.83. The summed E-state index contributed by atoms with van der Waals surface area (Å²) in [6, 6.07) is 0. The smallest absolute Gasteiger partial charge is 0.170 e. The highest BCUT2D eigenvalue weighted by Crippen LogP contribution is 2.36. The molecule has 0 amide bonds. The lowest BCUT2D eigenvalue weighted by Crippen LogP contribution is -2.23. The predicted octanol–water partition coefficient (Wildman–Crippen LogP) is 1.53. The molecule has 1 aliphatic heterocycles. The molecule has 2 unspecified atom stereocenters. The van der Waals surface area contributed by atoms with Crippen LogP contribution in [0.4, 0.5) is 0 Å². The molecule has 2 aliphatic rings. The first kappa shape index (κ1) is 12.6. The van der Waals surface area contributed by atoms with E-state index in [2.05, 4.69) is 11.9 Å². The Morgan fingerprint density at radius 2 is 2.05 bits per heavy atom. The van der Waals surface area contributed by atoms with E-state index in [1.54, 1.807) is 6.92 Å². The van der Waals surface area contributed by atoms with E-state index < -0.39 is 0 Å². The van der Waals surface area contributed by atoms with Crippen molar-refractivity contribution in [2.45, 2.75) is 19.8 Å². The Kier molecular flexibility index (Phi) is 2.86. The second-order valence-corrected chi connectivity index (χ2v) is 6.02. The summed E-state index contributed by atoms with van der Waals surface area (Å²) in [5.41, 5.74) is 2.36. The van der Waals surface area contributed by atoms with Crippen LogP contribution in [0, 0.1) is 11.8 Å². The molecular formula is C15H20N2O2. The molecule has 2 atom stereocenters. The summed E-state index contributed by atoms with van der Waals surface area (Å²) in [5.74, 6) is 0.708. The third-order valence-electron chi connectivity index (χ3n) is 4.64. The normalized spacial score (nSPS) is 27.0. The molecule has 4 heteroatoms. The Bertz CT molecular complexity index is 559. The third kappa shape index (κ3) is 1.86. The topological polar surface area (TPSA) is 42.3 Å². The van der Waals surface area contributed by atoms with Gasteiger partial charge in [-0.25, -0.2) is 0 Å². The van der Waals surface area contributed by atoms with Crippen LogP contribution in [0.2, 0.25) is 0 Å². The van der Waals surface area contributed by atoms with Crippen LogP contribution in [0.25, 0.3) is 0 Å². The summed E-state index contributed by atoms with van der Waals surface area (Å²) in [7, 11) is 4.01. The van der Waals surface area contributed by atoms with Crippen LogP contribution < -0.4 is 0 Å². The number of likely N-dealkylation sites (tertiary alicyclic amines) is 1. The van der Waals surface area contributed by atoms with Crippen molar-refractivity contribution >= 4 is 11.6 Å². The van der Waals surface area contributed by atoms with Crippen LogP contribution in [-0.2, 0) is 13.5 Å². The summed E-state index contributed by atoms with van der Waals surface area (Å²) >= 11 is 0. The van der Waals surface area contributed by atoms with Crippen molar-refractivity contribution in [3.05, 3.63) is 23.0 Å². The van der Waals surface area contributed by atoms with Gasteiger partial charge in [0.1, 0.15) is 0 Å². The van der Waals surface area contributed by atoms with Gasteiger partial charge in [-0.15, -0.1) is 0 Å². The largest absolute Gasteiger partial charge is 0.353 e. The minimum absolute atomic E-state index is 0.00463. The predicted molar refractivity (Wildman–Crippen MR) is 72.5 cm³/mol. The number of rotatable bonds is 1. The number of carbonyl (C=O) groups is 2. The highest BCUT2D eigenvalue weighted by atomic mass is 16.1. The number of nitrogens with zero attached hydrogens (tertiary/aromatic N) is 2. The molecule has 0 aromatic carbocycles. The Balaban J connectivity index is 2.10. The molecule has 3 rings (SSSR count). The highest BCUT2D eigenvalue weighted by molar-refractivity contribution is 6.10. The van der Waals surface area contributed by atoms with Gasteiger partial charge < -0.3 is 9.47 Å².